The molecule has 0 atom stereocenters. The van der Waals surface area contributed by atoms with Crippen molar-refractivity contribution in [2.75, 3.05) is 0 Å². The molecule has 20 heavy (non-hydrogen) atoms. The van der Waals surface area contributed by atoms with Crippen molar-refractivity contribution in [3.63, 3.8) is 0 Å². The van der Waals surface area contributed by atoms with E-state index in [0.717, 1.165) is 11.5 Å². The molecule has 1 fully saturated rings. The van der Waals surface area contributed by atoms with Gasteiger partial charge in [-0.05, 0) is 54.7 Å². The van der Waals surface area contributed by atoms with Gasteiger partial charge in [0, 0.05) is 0 Å². The van der Waals surface area contributed by atoms with Crippen molar-refractivity contribution in [3.8, 4) is 6.07 Å². The lowest BCUT2D eigenvalue weighted by Crippen LogP contribution is -2.29. The van der Waals surface area contributed by atoms with Gasteiger partial charge in [-0.15, -0.1) is 0 Å². The number of rotatable bonds is 3. The van der Waals surface area contributed by atoms with Gasteiger partial charge >= 0.3 is 0 Å². The quantitative estimate of drug-likeness (QED) is 0.799. The van der Waals surface area contributed by atoms with Crippen molar-refractivity contribution >= 4 is 0 Å². The van der Waals surface area contributed by atoms with E-state index < -0.39 is 0 Å². The van der Waals surface area contributed by atoms with Crippen molar-refractivity contribution in [2.45, 2.75) is 59.2 Å². The Morgan fingerprint density at radius 1 is 1.10 bits per heavy atom. The predicted molar refractivity (Wildman–Crippen MR) is 81.1 cm³/mol. The molecular weight excluding hydrogens is 246 g/mol. The summed E-state index contributed by atoms with van der Waals surface area (Å²) in [6.07, 6.45) is 5.32. The van der Waals surface area contributed by atoms with E-state index in [9.17, 15) is 0 Å². The largest absolute Gasteiger partial charge is 0.374 e. The summed E-state index contributed by atoms with van der Waals surface area (Å²) in [6.45, 7) is 7.69. The summed E-state index contributed by atoms with van der Waals surface area (Å²) >= 11 is 0. The van der Waals surface area contributed by atoms with Crippen LogP contribution in [0.15, 0.2) is 24.3 Å². The van der Waals surface area contributed by atoms with E-state index >= 15 is 0 Å². The van der Waals surface area contributed by atoms with Crippen LogP contribution < -0.4 is 0 Å². The molecule has 1 aromatic rings. The first-order valence-electron chi connectivity index (χ1n) is 7.59. The van der Waals surface area contributed by atoms with Crippen molar-refractivity contribution in [1.29, 1.82) is 5.26 Å². The van der Waals surface area contributed by atoms with Gasteiger partial charge in [-0.1, -0.05) is 32.9 Å². The molecule has 2 rings (SSSR count). The summed E-state index contributed by atoms with van der Waals surface area (Å²) in [4.78, 5) is 0. The highest BCUT2D eigenvalue weighted by Gasteiger charge is 2.29. The van der Waals surface area contributed by atoms with Crippen LogP contribution in [0.1, 0.15) is 57.6 Å². The number of ether oxygens (including phenoxy) is 1. The summed E-state index contributed by atoms with van der Waals surface area (Å²) < 4.78 is 6.02. The van der Waals surface area contributed by atoms with E-state index in [0.29, 0.717) is 23.7 Å². The smallest absolute Gasteiger partial charge is 0.0991 e. The molecule has 0 radical (unpaired) electrons. The molecule has 0 unspecified atom stereocenters. The highest BCUT2D eigenvalue weighted by atomic mass is 16.5. The Labute approximate surface area is 122 Å². The fraction of sp³-hybridized carbons (Fsp3) is 0.611. The maximum Gasteiger partial charge on any atom is 0.0991 e. The molecular formula is C18H25NO. The topological polar surface area (TPSA) is 33.0 Å². The second-order valence-electron chi connectivity index (χ2n) is 6.96. The number of hydrogen-bond acceptors (Lipinski definition) is 2. The van der Waals surface area contributed by atoms with Gasteiger partial charge in [0.25, 0.3) is 0 Å². The summed E-state index contributed by atoms with van der Waals surface area (Å²) in [5.74, 6) is 0.831. The lowest BCUT2D eigenvalue weighted by molar-refractivity contribution is -0.00580. The number of hydrogen-bond donors (Lipinski definition) is 0. The van der Waals surface area contributed by atoms with Crippen LogP contribution in [0.25, 0.3) is 0 Å². The van der Waals surface area contributed by atoms with Gasteiger partial charge in [-0.3, -0.25) is 0 Å². The molecule has 0 bridgehead atoms. The van der Waals surface area contributed by atoms with Crippen LogP contribution >= 0.6 is 0 Å². The Morgan fingerprint density at radius 3 is 2.20 bits per heavy atom. The molecule has 108 valence electrons. The predicted octanol–water partition coefficient (Wildman–Crippen LogP) is 4.68. The molecule has 0 aliphatic heterocycles. The van der Waals surface area contributed by atoms with Crippen LogP contribution in [0.4, 0.5) is 0 Å². The molecule has 2 nitrogen and oxygen atoms in total. The second-order valence-corrected chi connectivity index (χ2v) is 6.96. The van der Waals surface area contributed by atoms with Crippen molar-refractivity contribution < 1.29 is 4.74 Å². The van der Waals surface area contributed by atoms with E-state index in [1.807, 2.05) is 24.3 Å². The summed E-state index contributed by atoms with van der Waals surface area (Å²) in [5.41, 5.74) is 2.29. The average molecular weight is 271 g/mol. The fourth-order valence-corrected chi connectivity index (χ4v) is 2.99. The zero-order valence-electron chi connectivity index (χ0n) is 12.9. The summed E-state index contributed by atoms with van der Waals surface area (Å²) in [5, 5.41) is 8.77. The lowest BCUT2D eigenvalue weighted by atomic mass is 9.72. The van der Waals surface area contributed by atoms with E-state index in [1.165, 1.54) is 25.7 Å². The molecule has 0 aromatic heterocycles. The zero-order chi connectivity index (χ0) is 14.6. The Balaban J connectivity index is 1.77. The highest BCUT2D eigenvalue weighted by molar-refractivity contribution is 5.31. The van der Waals surface area contributed by atoms with Crippen LogP contribution in [0, 0.1) is 22.7 Å². The maximum absolute atomic E-state index is 8.77. The third kappa shape index (κ3) is 4.08. The van der Waals surface area contributed by atoms with Crippen LogP contribution in [-0.4, -0.2) is 6.10 Å². The molecule has 0 spiro atoms. The van der Waals surface area contributed by atoms with Crippen LogP contribution in [0.5, 0.6) is 0 Å². The van der Waals surface area contributed by atoms with Gasteiger partial charge in [-0.25, -0.2) is 0 Å². The minimum Gasteiger partial charge on any atom is -0.374 e. The standard InChI is InChI=1S/C18H25NO/c1-18(2,3)16-8-10-17(11-9-16)20-13-15-6-4-14(12-19)5-7-15/h4-7,16-17H,8-11,13H2,1-3H3. The Morgan fingerprint density at radius 2 is 1.70 bits per heavy atom. The second kappa shape index (κ2) is 6.41. The van der Waals surface area contributed by atoms with Crippen molar-refractivity contribution in [3.05, 3.63) is 35.4 Å². The Bertz CT molecular complexity index is 456. The summed E-state index contributed by atoms with van der Waals surface area (Å²) in [7, 11) is 0. The molecule has 0 saturated heterocycles. The molecule has 1 aromatic carbocycles. The molecule has 1 aliphatic rings. The average Bonchev–Trinajstić information content (AvgIpc) is 2.45. The van der Waals surface area contributed by atoms with Gasteiger partial charge in [-0.2, -0.15) is 5.26 Å². The highest BCUT2D eigenvalue weighted by Crippen LogP contribution is 2.38. The Hall–Kier alpha value is -1.33. The maximum atomic E-state index is 8.77. The lowest BCUT2D eigenvalue weighted by Gasteiger charge is -2.36. The van der Waals surface area contributed by atoms with Crippen LogP contribution in [0.2, 0.25) is 0 Å². The molecule has 1 saturated carbocycles. The van der Waals surface area contributed by atoms with E-state index in [1.54, 1.807) is 0 Å². The van der Waals surface area contributed by atoms with Crippen LogP contribution in [0.3, 0.4) is 0 Å². The fourth-order valence-electron chi connectivity index (χ4n) is 2.99. The van der Waals surface area contributed by atoms with Gasteiger partial charge in [0.1, 0.15) is 0 Å². The minimum absolute atomic E-state index is 0.407. The molecule has 0 amide bonds. The van der Waals surface area contributed by atoms with Gasteiger partial charge in [0.2, 0.25) is 0 Å². The first-order valence-corrected chi connectivity index (χ1v) is 7.59. The number of nitriles is 1. The summed E-state index contributed by atoms with van der Waals surface area (Å²) in [6, 6.07) is 9.82. The van der Waals surface area contributed by atoms with Crippen LogP contribution in [-0.2, 0) is 11.3 Å². The minimum atomic E-state index is 0.407. The molecule has 0 N–H and O–H groups in total. The molecule has 2 heteroatoms. The first kappa shape index (κ1) is 15.1. The zero-order valence-corrected chi connectivity index (χ0v) is 12.9. The third-order valence-electron chi connectivity index (χ3n) is 4.47. The van der Waals surface area contributed by atoms with E-state index in [-0.39, 0.29) is 0 Å². The van der Waals surface area contributed by atoms with Gasteiger partial charge < -0.3 is 4.74 Å². The monoisotopic (exact) mass is 271 g/mol. The molecule has 0 heterocycles. The van der Waals surface area contributed by atoms with Crippen molar-refractivity contribution in [1.82, 2.24) is 0 Å². The SMILES string of the molecule is CC(C)(C)C1CCC(OCc2ccc(C#N)cc2)CC1. The van der Waals surface area contributed by atoms with Gasteiger partial charge in [0.15, 0.2) is 0 Å². The van der Waals surface area contributed by atoms with E-state index in [2.05, 4.69) is 26.8 Å². The van der Waals surface area contributed by atoms with Crippen molar-refractivity contribution in [2.24, 2.45) is 11.3 Å². The first-order chi connectivity index (χ1) is 9.49. The molecule has 1 aliphatic carbocycles. The third-order valence-corrected chi connectivity index (χ3v) is 4.47. The van der Waals surface area contributed by atoms with E-state index in [4.69, 9.17) is 10.00 Å². The number of benzene rings is 1. The normalized spacial score (nSPS) is 23.3. The van der Waals surface area contributed by atoms with Gasteiger partial charge in [0.05, 0.1) is 24.3 Å². The Kier molecular flexibility index (Phi) is 4.83. The number of nitrogens with zero attached hydrogens (tertiary/aromatic N) is 1.